The summed E-state index contributed by atoms with van der Waals surface area (Å²) >= 11 is 0. The van der Waals surface area contributed by atoms with Crippen molar-refractivity contribution >= 4 is 5.97 Å². The molecule has 1 atom stereocenters. The first-order valence-electron chi connectivity index (χ1n) is 4.75. The minimum atomic E-state index is -0.960. The van der Waals surface area contributed by atoms with E-state index in [0.717, 1.165) is 11.3 Å². The number of rotatable bonds is 5. The van der Waals surface area contributed by atoms with Crippen molar-refractivity contribution in [3.05, 3.63) is 29.8 Å². The largest absolute Gasteiger partial charge is 0.497 e. The number of aliphatic carboxylic acids is 1. The molecule has 0 saturated heterocycles. The Morgan fingerprint density at radius 1 is 1.60 bits per heavy atom. The van der Waals surface area contributed by atoms with E-state index in [4.69, 9.17) is 15.6 Å². The Balaban J connectivity index is 2.53. The molecule has 0 heterocycles. The lowest BCUT2D eigenvalue weighted by molar-refractivity contribution is -0.138. The van der Waals surface area contributed by atoms with Gasteiger partial charge in [-0.15, -0.1) is 0 Å². The predicted molar refractivity (Wildman–Crippen MR) is 56.9 cm³/mol. The molecule has 0 aliphatic rings. The second-order valence-corrected chi connectivity index (χ2v) is 3.33. The second kappa shape index (κ2) is 5.36. The zero-order valence-corrected chi connectivity index (χ0v) is 8.64. The van der Waals surface area contributed by atoms with E-state index in [2.05, 4.69) is 0 Å². The van der Waals surface area contributed by atoms with Gasteiger partial charge >= 0.3 is 5.97 Å². The molecule has 0 aliphatic carbocycles. The number of carboxylic acids is 1. The molecule has 0 amide bonds. The average Bonchev–Trinajstić information content (AvgIpc) is 2.26. The van der Waals surface area contributed by atoms with Crippen LogP contribution < -0.4 is 10.5 Å². The van der Waals surface area contributed by atoms with Gasteiger partial charge in [-0.2, -0.15) is 0 Å². The Morgan fingerprint density at radius 3 is 2.93 bits per heavy atom. The van der Waals surface area contributed by atoms with Crippen LogP contribution in [0.3, 0.4) is 0 Å². The fourth-order valence-corrected chi connectivity index (χ4v) is 1.27. The Bertz CT molecular complexity index is 338. The van der Waals surface area contributed by atoms with E-state index in [9.17, 15) is 4.79 Å². The third-order valence-electron chi connectivity index (χ3n) is 2.20. The van der Waals surface area contributed by atoms with E-state index < -0.39 is 12.0 Å². The zero-order valence-electron chi connectivity index (χ0n) is 8.64. The number of nitrogens with two attached hydrogens (primary N) is 1. The Hall–Kier alpha value is -1.55. The van der Waals surface area contributed by atoms with Gasteiger partial charge < -0.3 is 15.6 Å². The molecule has 4 nitrogen and oxygen atoms in total. The van der Waals surface area contributed by atoms with Crippen molar-refractivity contribution in [3.63, 3.8) is 0 Å². The van der Waals surface area contributed by atoms with Crippen molar-refractivity contribution in [2.24, 2.45) is 5.73 Å². The number of aryl methyl sites for hydroxylation is 1. The first kappa shape index (κ1) is 11.5. The van der Waals surface area contributed by atoms with Crippen molar-refractivity contribution in [3.8, 4) is 5.75 Å². The second-order valence-electron chi connectivity index (χ2n) is 3.33. The molecular weight excluding hydrogens is 194 g/mol. The summed E-state index contributed by atoms with van der Waals surface area (Å²) in [5.74, 6) is -0.186. The van der Waals surface area contributed by atoms with Gasteiger partial charge in [-0.3, -0.25) is 4.79 Å². The summed E-state index contributed by atoms with van der Waals surface area (Å²) in [5, 5.41) is 8.61. The third-order valence-corrected chi connectivity index (χ3v) is 2.20. The van der Waals surface area contributed by atoms with Crippen LogP contribution in [0.1, 0.15) is 12.0 Å². The first-order valence-corrected chi connectivity index (χ1v) is 4.75. The lowest BCUT2D eigenvalue weighted by atomic mass is 10.1. The van der Waals surface area contributed by atoms with Gasteiger partial charge in [0, 0.05) is 0 Å². The molecule has 0 saturated carbocycles. The predicted octanol–water partition coefficient (Wildman–Crippen LogP) is 1.04. The highest BCUT2D eigenvalue weighted by molar-refractivity contribution is 5.73. The van der Waals surface area contributed by atoms with Crippen LogP contribution >= 0.6 is 0 Å². The van der Waals surface area contributed by atoms with Crippen LogP contribution in [-0.4, -0.2) is 24.2 Å². The molecular formula is C11H15NO3. The summed E-state index contributed by atoms with van der Waals surface area (Å²) in [6.45, 7) is 0. The number of ether oxygens (including phenoxy) is 1. The monoisotopic (exact) mass is 209 g/mol. The maximum Gasteiger partial charge on any atom is 0.320 e. The van der Waals surface area contributed by atoms with Crippen molar-refractivity contribution in [1.29, 1.82) is 0 Å². The van der Waals surface area contributed by atoms with Gasteiger partial charge in [-0.05, 0) is 30.5 Å². The molecule has 4 heteroatoms. The lowest BCUT2D eigenvalue weighted by Crippen LogP contribution is -2.30. The van der Waals surface area contributed by atoms with E-state index in [1.807, 2.05) is 24.3 Å². The molecule has 15 heavy (non-hydrogen) atoms. The topological polar surface area (TPSA) is 72.5 Å². The van der Waals surface area contributed by atoms with Crippen molar-refractivity contribution < 1.29 is 14.6 Å². The van der Waals surface area contributed by atoms with E-state index in [1.54, 1.807) is 7.11 Å². The maximum absolute atomic E-state index is 10.5. The standard InChI is InChI=1S/C11H15NO3/c1-15-9-4-2-3-8(7-9)5-6-10(12)11(13)14/h2-4,7,10H,5-6,12H2,1H3,(H,13,14)/t10-/m1/s1. The molecule has 1 rings (SSSR count). The van der Waals surface area contributed by atoms with E-state index in [1.165, 1.54) is 0 Å². The highest BCUT2D eigenvalue weighted by Gasteiger charge is 2.10. The van der Waals surface area contributed by atoms with Crippen LogP contribution in [0.5, 0.6) is 5.75 Å². The molecule has 1 aromatic carbocycles. The molecule has 0 aromatic heterocycles. The van der Waals surface area contributed by atoms with Gasteiger partial charge in [0.05, 0.1) is 7.11 Å². The molecule has 1 aromatic rings. The van der Waals surface area contributed by atoms with Gasteiger partial charge in [0.15, 0.2) is 0 Å². The van der Waals surface area contributed by atoms with Crippen LogP contribution in [0.15, 0.2) is 24.3 Å². The zero-order chi connectivity index (χ0) is 11.3. The van der Waals surface area contributed by atoms with E-state index in [-0.39, 0.29) is 0 Å². The van der Waals surface area contributed by atoms with Crippen LogP contribution in [-0.2, 0) is 11.2 Å². The van der Waals surface area contributed by atoms with Gasteiger partial charge in [0.1, 0.15) is 11.8 Å². The fourth-order valence-electron chi connectivity index (χ4n) is 1.27. The lowest BCUT2D eigenvalue weighted by Gasteiger charge is -2.07. The quantitative estimate of drug-likeness (QED) is 0.760. The first-order chi connectivity index (χ1) is 7.13. The number of hydrogen-bond acceptors (Lipinski definition) is 3. The summed E-state index contributed by atoms with van der Waals surface area (Å²) in [6, 6.07) is 6.74. The number of methoxy groups -OCH3 is 1. The summed E-state index contributed by atoms with van der Waals surface area (Å²) in [6.07, 6.45) is 1.08. The molecule has 82 valence electrons. The highest BCUT2D eigenvalue weighted by Crippen LogP contribution is 2.14. The SMILES string of the molecule is COc1cccc(CC[C@@H](N)C(=O)O)c1. The van der Waals surface area contributed by atoms with Crippen LogP contribution in [0.4, 0.5) is 0 Å². The Morgan fingerprint density at radius 2 is 2.33 bits per heavy atom. The van der Waals surface area contributed by atoms with Gasteiger partial charge in [-0.1, -0.05) is 12.1 Å². The number of carboxylic acid groups (broad SMARTS) is 1. The minimum Gasteiger partial charge on any atom is -0.497 e. The summed E-state index contributed by atoms with van der Waals surface area (Å²) in [5.41, 5.74) is 6.44. The molecule has 0 radical (unpaired) electrons. The normalized spacial score (nSPS) is 12.1. The van der Waals surface area contributed by atoms with Crippen molar-refractivity contribution in [2.75, 3.05) is 7.11 Å². The van der Waals surface area contributed by atoms with Crippen LogP contribution in [0, 0.1) is 0 Å². The molecule has 0 bridgehead atoms. The highest BCUT2D eigenvalue weighted by atomic mass is 16.5. The maximum atomic E-state index is 10.5. The number of carbonyl (C=O) groups is 1. The van der Waals surface area contributed by atoms with E-state index >= 15 is 0 Å². The summed E-state index contributed by atoms with van der Waals surface area (Å²) in [7, 11) is 1.60. The number of benzene rings is 1. The fraction of sp³-hybridized carbons (Fsp3) is 0.364. The molecule has 3 N–H and O–H groups in total. The van der Waals surface area contributed by atoms with Crippen LogP contribution in [0.2, 0.25) is 0 Å². The molecule has 0 aliphatic heterocycles. The number of hydrogen-bond donors (Lipinski definition) is 2. The van der Waals surface area contributed by atoms with Crippen LogP contribution in [0.25, 0.3) is 0 Å². The molecule has 0 spiro atoms. The van der Waals surface area contributed by atoms with E-state index in [0.29, 0.717) is 12.8 Å². The Kier molecular flexibility index (Phi) is 4.12. The minimum absolute atomic E-state index is 0.433. The summed E-state index contributed by atoms with van der Waals surface area (Å²) in [4.78, 5) is 10.5. The molecule has 0 fully saturated rings. The third kappa shape index (κ3) is 3.59. The van der Waals surface area contributed by atoms with Crippen molar-refractivity contribution in [1.82, 2.24) is 0 Å². The van der Waals surface area contributed by atoms with Crippen molar-refractivity contribution in [2.45, 2.75) is 18.9 Å². The van der Waals surface area contributed by atoms with Gasteiger partial charge in [0.25, 0.3) is 0 Å². The molecule has 0 unspecified atom stereocenters. The van der Waals surface area contributed by atoms with Gasteiger partial charge in [0.2, 0.25) is 0 Å². The smallest absolute Gasteiger partial charge is 0.320 e. The Labute approximate surface area is 88.7 Å². The van der Waals surface area contributed by atoms with Gasteiger partial charge in [-0.25, -0.2) is 0 Å². The summed E-state index contributed by atoms with van der Waals surface area (Å²) < 4.78 is 5.06. The average molecular weight is 209 g/mol.